The highest BCUT2D eigenvalue weighted by Crippen LogP contribution is 2.03. The molecule has 1 rings (SSSR count). The molecular weight excluding hydrogens is 242 g/mol. The van der Waals surface area contributed by atoms with Crippen molar-refractivity contribution < 1.29 is 9.59 Å². The first-order valence-electron chi connectivity index (χ1n) is 6.45. The lowest BCUT2D eigenvalue weighted by Gasteiger charge is -2.10. The van der Waals surface area contributed by atoms with E-state index in [1.165, 1.54) is 12.3 Å². The molecule has 0 fully saturated rings. The summed E-state index contributed by atoms with van der Waals surface area (Å²) in [7, 11) is 0. The van der Waals surface area contributed by atoms with Gasteiger partial charge < -0.3 is 10.6 Å². The van der Waals surface area contributed by atoms with Gasteiger partial charge in [-0.1, -0.05) is 13.8 Å². The number of nitrogens with zero attached hydrogens (tertiary/aromatic N) is 1. The number of carbonyl (C=O) groups is 2. The highest BCUT2D eigenvalue weighted by Gasteiger charge is 2.12. The molecule has 0 radical (unpaired) electrons. The Hall–Kier alpha value is -1.91. The number of hydrogen-bond donors (Lipinski definition) is 2. The van der Waals surface area contributed by atoms with Gasteiger partial charge in [0.2, 0.25) is 0 Å². The number of carbonyl (C=O) groups excluding carboxylic acids is 2. The van der Waals surface area contributed by atoms with Gasteiger partial charge >= 0.3 is 0 Å². The second kappa shape index (κ2) is 6.87. The molecule has 2 amide bonds. The van der Waals surface area contributed by atoms with Crippen LogP contribution in [0.3, 0.4) is 0 Å². The summed E-state index contributed by atoms with van der Waals surface area (Å²) in [5, 5.41) is 5.55. The smallest absolute Gasteiger partial charge is 0.269 e. The molecule has 0 unspecified atom stereocenters. The Morgan fingerprint density at radius 2 is 1.89 bits per heavy atom. The van der Waals surface area contributed by atoms with Gasteiger partial charge in [0.25, 0.3) is 11.8 Å². The van der Waals surface area contributed by atoms with Crippen LogP contribution in [0.5, 0.6) is 0 Å². The molecular formula is C14H21N3O2. The average molecular weight is 263 g/mol. The van der Waals surface area contributed by atoms with E-state index in [1.807, 2.05) is 27.7 Å². The molecule has 0 aliphatic heterocycles. The molecule has 5 heteroatoms. The maximum absolute atomic E-state index is 11.8. The standard InChI is InChI=1S/C14H21N3O2/c1-9(2)8-16-14(19)12-7-11(5-6-15-12)13(18)17-10(3)4/h5-7,9-10H,8H2,1-4H3,(H,16,19)(H,17,18). The molecule has 0 atom stereocenters. The molecule has 0 bridgehead atoms. The fourth-order valence-corrected chi connectivity index (χ4v) is 1.43. The SMILES string of the molecule is CC(C)CNC(=O)c1cc(C(=O)NC(C)C)ccn1. The van der Waals surface area contributed by atoms with Crippen molar-refractivity contribution >= 4 is 11.8 Å². The first kappa shape index (κ1) is 15.1. The highest BCUT2D eigenvalue weighted by molar-refractivity contribution is 5.98. The third kappa shape index (κ3) is 5.07. The lowest BCUT2D eigenvalue weighted by molar-refractivity contribution is 0.0943. The van der Waals surface area contributed by atoms with Crippen molar-refractivity contribution in [2.45, 2.75) is 33.7 Å². The third-order valence-electron chi connectivity index (χ3n) is 2.35. The topological polar surface area (TPSA) is 71.1 Å². The van der Waals surface area contributed by atoms with Crippen LogP contribution in [-0.2, 0) is 0 Å². The van der Waals surface area contributed by atoms with Crippen LogP contribution in [0.25, 0.3) is 0 Å². The fraction of sp³-hybridized carbons (Fsp3) is 0.500. The maximum atomic E-state index is 11.8. The second-order valence-electron chi connectivity index (χ2n) is 5.16. The zero-order valence-corrected chi connectivity index (χ0v) is 11.9. The Labute approximate surface area is 113 Å². The molecule has 19 heavy (non-hydrogen) atoms. The molecule has 2 N–H and O–H groups in total. The number of aromatic nitrogens is 1. The first-order valence-corrected chi connectivity index (χ1v) is 6.45. The van der Waals surface area contributed by atoms with Gasteiger partial charge in [-0.2, -0.15) is 0 Å². The van der Waals surface area contributed by atoms with E-state index in [2.05, 4.69) is 15.6 Å². The maximum Gasteiger partial charge on any atom is 0.269 e. The minimum absolute atomic E-state index is 0.0545. The summed E-state index contributed by atoms with van der Waals surface area (Å²) in [4.78, 5) is 27.7. The van der Waals surface area contributed by atoms with Crippen LogP contribution in [-0.4, -0.2) is 29.4 Å². The molecule has 1 heterocycles. The fourth-order valence-electron chi connectivity index (χ4n) is 1.43. The van der Waals surface area contributed by atoms with E-state index >= 15 is 0 Å². The van der Waals surface area contributed by atoms with Gasteiger partial charge in [0, 0.05) is 24.3 Å². The van der Waals surface area contributed by atoms with Crippen LogP contribution < -0.4 is 10.6 Å². The Bertz CT molecular complexity index is 456. The van der Waals surface area contributed by atoms with Crippen molar-refractivity contribution in [3.63, 3.8) is 0 Å². The molecule has 1 aromatic rings. The molecule has 0 aliphatic rings. The van der Waals surface area contributed by atoms with E-state index in [0.29, 0.717) is 18.0 Å². The number of rotatable bonds is 5. The van der Waals surface area contributed by atoms with E-state index in [4.69, 9.17) is 0 Å². The van der Waals surface area contributed by atoms with Crippen molar-refractivity contribution in [2.75, 3.05) is 6.54 Å². The summed E-state index contributed by atoms with van der Waals surface area (Å²) in [6, 6.07) is 3.16. The van der Waals surface area contributed by atoms with Crippen molar-refractivity contribution in [1.82, 2.24) is 15.6 Å². The number of hydrogen-bond acceptors (Lipinski definition) is 3. The van der Waals surface area contributed by atoms with E-state index in [9.17, 15) is 9.59 Å². The molecule has 0 aromatic carbocycles. The summed E-state index contributed by atoms with van der Waals surface area (Å²) in [6.45, 7) is 8.38. The molecule has 0 saturated heterocycles. The van der Waals surface area contributed by atoms with Gasteiger partial charge in [-0.3, -0.25) is 14.6 Å². The molecule has 0 saturated carbocycles. The van der Waals surface area contributed by atoms with Crippen molar-refractivity contribution in [1.29, 1.82) is 0 Å². The van der Waals surface area contributed by atoms with Crippen LogP contribution in [0, 0.1) is 5.92 Å². The summed E-state index contributed by atoms with van der Waals surface area (Å²) in [5.41, 5.74) is 0.704. The van der Waals surface area contributed by atoms with Crippen LogP contribution in [0.2, 0.25) is 0 Å². The van der Waals surface area contributed by atoms with Gasteiger partial charge in [0.05, 0.1) is 0 Å². The van der Waals surface area contributed by atoms with Gasteiger partial charge in [0.1, 0.15) is 5.69 Å². The number of pyridine rings is 1. The minimum atomic E-state index is -0.257. The van der Waals surface area contributed by atoms with Crippen LogP contribution in [0.15, 0.2) is 18.3 Å². The summed E-state index contributed by atoms with van der Waals surface area (Å²) >= 11 is 0. The minimum Gasteiger partial charge on any atom is -0.350 e. The molecule has 1 aromatic heterocycles. The van der Waals surface area contributed by atoms with Gasteiger partial charge in [-0.25, -0.2) is 0 Å². The summed E-state index contributed by atoms with van der Waals surface area (Å²) in [6.07, 6.45) is 1.47. The van der Waals surface area contributed by atoms with E-state index in [1.54, 1.807) is 6.07 Å². The lowest BCUT2D eigenvalue weighted by atomic mass is 10.2. The van der Waals surface area contributed by atoms with E-state index in [-0.39, 0.29) is 23.6 Å². The normalized spacial score (nSPS) is 10.6. The van der Waals surface area contributed by atoms with E-state index < -0.39 is 0 Å². The zero-order valence-electron chi connectivity index (χ0n) is 11.9. The van der Waals surface area contributed by atoms with Gasteiger partial charge in [0.15, 0.2) is 0 Å². The van der Waals surface area contributed by atoms with Crippen molar-refractivity contribution in [3.05, 3.63) is 29.6 Å². The number of nitrogens with one attached hydrogen (secondary N) is 2. The van der Waals surface area contributed by atoms with Crippen LogP contribution in [0.1, 0.15) is 48.5 Å². The molecule has 0 spiro atoms. The summed E-state index contributed by atoms with van der Waals surface area (Å²) in [5.74, 6) is -0.0837. The highest BCUT2D eigenvalue weighted by atomic mass is 16.2. The van der Waals surface area contributed by atoms with E-state index in [0.717, 1.165) is 0 Å². The predicted molar refractivity (Wildman–Crippen MR) is 74.0 cm³/mol. The Kier molecular flexibility index (Phi) is 5.48. The van der Waals surface area contributed by atoms with Crippen LogP contribution >= 0.6 is 0 Å². The second-order valence-corrected chi connectivity index (χ2v) is 5.16. The predicted octanol–water partition coefficient (Wildman–Crippen LogP) is 1.61. The Morgan fingerprint density at radius 1 is 1.21 bits per heavy atom. The first-order chi connectivity index (χ1) is 8.90. The van der Waals surface area contributed by atoms with Gasteiger partial charge in [-0.15, -0.1) is 0 Å². The molecule has 104 valence electrons. The quantitative estimate of drug-likeness (QED) is 0.847. The Morgan fingerprint density at radius 3 is 2.47 bits per heavy atom. The zero-order chi connectivity index (χ0) is 14.4. The van der Waals surface area contributed by atoms with Gasteiger partial charge in [-0.05, 0) is 31.9 Å². The summed E-state index contributed by atoms with van der Waals surface area (Å²) < 4.78 is 0. The Balaban J connectivity index is 2.76. The van der Waals surface area contributed by atoms with Crippen molar-refractivity contribution in [2.24, 2.45) is 5.92 Å². The molecule has 5 nitrogen and oxygen atoms in total. The monoisotopic (exact) mass is 263 g/mol. The third-order valence-corrected chi connectivity index (χ3v) is 2.35. The lowest BCUT2D eigenvalue weighted by Crippen LogP contribution is -2.31. The number of amides is 2. The van der Waals surface area contributed by atoms with Crippen molar-refractivity contribution in [3.8, 4) is 0 Å². The van der Waals surface area contributed by atoms with Crippen LogP contribution in [0.4, 0.5) is 0 Å². The average Bonchev–Trinajstić information content (AvgIpc) is 2.35. The molecule has 0 aliphatic carbocycles. The largest absolute Gasteiger partial charge is 0.350 e.